The third-order valence-corrected chi connectivity index (χ3v) is 2.46. The summed E-state index contributed by atoms with van der Waals surface area (Å²) in [6, 6.07) is 4.28. The van der Waals surface area contributed by atoms with Crippen LogP contribution in [0.2, 0.25) is 0 Å². The van der Waals surface area contributed by atoms with Gasteiger partial charge in [-0.25, -0.2) is 0 Å². The minimum Gasteiger partial charge on any atom is -0.375 e. The van der Waals surface area contributed by atoms with E-state index in [2.05, 4.69) is 43.4 Å². The van der Waals surface area contributed by atoms with Crippen LogP contribution in [0.25, 0.3) is 0 Å². The Morgan fingerprint density at radius 3 is 2.19 bits per heavy atom. The number of nitrogens with one attached hydrogen (secondary N) is 1. The molecule has 0 atom stereocenters. The molecule has 1 rings (SSSR count). The summed E-state index contributed by atoms with van der Waals surface area (Å²) in [4.78, 5) is 0. The van der Waals surface area contributed by atoms with Gasteiger partial charge in [0.25, 0.3) is 0 Å². The first-order valence-electron chi connectivity index (χ1n) is 5.09. The van der Waals surface area contributed by atoms with E-state index in [4.69, 9.17) is 18.0 Å². The Morgan fingerprint density at radius 2 is 1.75 bits per heavy atom. The minimum atomic E-state index is 0.182. The van der Waals surface area contributed by atoms with Crippen LogP contribution in [0, 0.1) is 20.8 Å². The zero-order valence-corrected chi connectivity index (χ0v) is 10.9. The highest BCUT2D eigenvalue weighted by Gasteiger charge is 2.06. The summed E-state index contributed by atoms with van der Waals surface area (Å²) in [7, 11) is 0. The van der Waals surface area contributed by atoms with Gasteiger partial charge in [-0.15, -0.1) is 0 Å². The van der Waals surface area contributed by atoms with Gasteiger partial charge in [-0.05, 0) is 51.0 Å². The zero-order chi connectivity index (χ0) is 12.3. The smallest absolute Gasteiger partial charge is 0.184 e. The van der Waals surface area contributed by atoms with E-state index >= 15 is 0 Å². The molecule has 1 aromatic rings. The van der Waals surface area contributed by atoms with Gasteiger partial charge in [0.15, 0.2) is 5.11 Å². The second-order valence-corrected chi connectivity index (χ2v) is 4.39. The molecule has 86 valence electrons. The van der Waals surface area contributed by atoms with Crippen molar-refractivity contribution in [1.29, 1.82) is 0 Å². The molecule has 0 saturated heterocycles. The van der Waals surface area contributed by atoms with Crippen molar-refractivity contribution in [2.45, 2.75) is 27.7 Å². The third-order valence-electron chi connectivity index (χ3n) is 2.37. The topological polar surface area (TPSA) is 50.4 Å². The molecule has 0 aromatic heterocycles. The molecule has 4 heteroatoms. The maximum Gasteiger partial charge on any atom is 0.184 e. The molecule has 3 nitrogen and oxygen atoms in total. The van der Waals surface area contributed by atoms with Crippen molar-refractivity contribution in [2.75, 3.05) is 0 Å². The van der Waals surface area contributed by atoms with Crippen LogP contribution >= 0.6 is 12.2 Å². The van der Waals surface area contributed by atoms with E-state index in [0.29, 0.717) is 0 Å². The van der Waals surface area contributed by atoms with Crippen LogP contribution in [-0.2, 0) is 0 Å². The number of rotatable bonds is 2. The van der Waals surface area contributed by atoms with Crippen LogP contribution < -0.4 is 11.2 Å². The average molecular weight is 235 g/mol. The summed E-state index contributed by atoms with van der Waals surface area (Å²) < 4.78 is 0. The van der Waals surface area contributed by atoms with Crippen molar-refractivity contribution in [3.8, 4) is 0 Å². The summed E-state index contributed by atoms with van der Waals surface area (Å²) in [6.07, 6.45) is 0. The Labute approximate surface area is 102 Å². The SMILES string of the molecule is C/C(=N/NC(N)=S)c1c(C)cc(C)cc1C. The standard InChI is InChI=1S/C12H17N3S/c1-7-5-8(2)11(9(3)6-7)10(4)14-15-12(13)16/h5-6H,1-4H3,(H3,13,15,16)/b14-10-. The van der Waals surface area contributed by atoms with Crippen LogP contribution in [0.5, 0.6) is 0 Å². The van der Waals surface area contributed by atoms with E-state index in [-0.39, 0.29) is 5.11 Å². The first-order chi connectivity index (χ1) is 7.41. The van der Waals surface area contributed by atoms with E-state index in [1.54, 1.807) is 0 Å². The highest BCUT2D eigenvalue weighted by molar-refractivity contribution is 7.80. The van der Waals surface area contributed by atoms with Crippen molar-refractivity contribution in [1.82, 2.24) is 5.43 Å². The number of benzene rings is 1. The largest absolute Gasteiger partial charge is 0.375 e. The van der Waals surface area contributed by atoms with Crippen LogP contribution in [0.1, 0.15) is 29.2 Å². The number of hydrazone groups is 1. The van der Waals surface area contributed by atoms with Crippen molar-refractivity contribution in [3.05, 3.63) is 34.4 Å². The zero-order valence-electron chi connectivity index (χ0n) is 10.1. The molecular weight excluding hydrogens is 218 g/mol. The van der Waals surface area contributed by atoms with E-state index in [0.717, 1.165) is 11.3 Å². The number of hydrogen-bond acceptors (Lipinski definition) is 2. The monoisotopic (exact) mass is 235 g/mol. The van der Waals surface area contributed by atoms with Gasteiger partial charge >= 0.3 is 0 Å². The third kappa shape index (κ3) is 3.03. The van der Waals surface area contributed by atoms with E-state index < -0.39 is 0 Å². The molecule has 3 N–H and O–H groups in total. The van der Waals surface area contributed by atoms with Crippen molar-refractivity contribution >= 4 is 23.0 Å². The predicted molar refractivity (Wildman–Crippen MR) is 72.8 cm³/mol. The number of aryl methyl sites for hydroxylation is 3. The molecule has 0 aliphatic heterocycles. The average Bonchev–Trinajstić information content (AvgIpc) is 2.12. The van der Waals surface area contributed by atoms with Gasteiger partial charge < -0.3 is 5.73 Å². The maximum atomic E-state index is 5.33. The second-order valence-electron chi connectivity index (χ2n) is 3.95. The lowest BCUT2D eigenvalue weighted by atomic mass is 9.97. The summed E-state index contributed by atoms with van der Waals surface area (Å²) in [6.45, 7) is 8.18. The quantitative estimate of drug-likeness (QED) is 0.469. The first kappa shape index (κ1) is 12.6. The van der Waals surface area contributed by atoms with Gasteiger partial charge in [-0.2, -0.15) is 5.10 Å². The van der Waals surface area contributed by atoms with Gasteiger partial charge in [0.2, 0.25) is 0 Å². The molecule has 0 fully saturated rings. The molecule has 0 unspecified atom stereocenters. The predicted octanol–water partition coefficient (Wildman–Crippen LogP) is 2.17. The van der Waals surface area contributed by atoms with Crippen LogP contribution in [0.3, 0.4) is 0 Å². The molecular formula is C12H17N3S. The fraction of sp³-hybridized carbons (Fsp3) is 0.333. The second kappa shape index (κ2) is 5.07. The number of nitrogens with zero attached hydrogens (tertiary/aromatic N) is 1. The summed E-state index contributed by atoms with van der Waals surface area (Å²) in [5, 5.41) is 4.33. The molecule has 16 heavy (non-hydrogen) atoms. The molecule has 0 radical (unpaired) electrons. The number of nitrogens with two attached hydrogens (primary N) is 1. The Hall–Kier alpha value is -1.42. The molecule has 0 amide bonds. The molecule has 0 heterocycles. The highest BCUT2D eigenvalue weighted by Crippen LogP contribution is 2.17. The normalized spacial score (nSPS) is 11.4. The fourth-order valence-corrected chi connectivity index (χ4v) is 1.99. The highest BCUT2D eigenvalue weighted by atomic mass is 32.1. The van der Waals surface area contributed by atoms with Gasteiger partial charge in [0, 0.05) is 5.56 Å². The minimum absolute atomic E-state index is 0.182. The molecule has 0 aliphatic rings. The van der Waals surface area contributed by atoms with E-state index in [9.17, 15) is 0 Å². The van der Waals surface area contributed by atoms with Crippen molar-refractivity contribution < 1.29 is 0 Å². The van der Waals surface area contributed by atoms with Crippen molar-refractivity contribution in [2.24, 2.45) is 10.8 Å². The number of hydrogen-bond donors (Lipinski definition) is 2. The summed E-state index contributed by atoms with van der Waals surface area (Å²) >= 11 is 4.71. The molecule has 0 bridgehead atoms. The fourth-order valence-electron chi connectivity index (χ4n) is 1.95. The van der Waals surface area contributed by atoms with Gasteiger partial charge in [-0.3, -0.25) is 5.43 Å². The van der Waals surface area contributed by atoms with Gasteiger partial charge in [0.05, 0.1) is 5.71 Å². The lowest BCUT2D eigenvalue weighted by Crippen LogP contribution is -2.25. The molecule has 0 aliphatic carbocycles. The lowest BCUT2D eigenvalue weighted by molar-refractivity contribution is 1.03. The molecule has 0 spiro atoms. The van der Waals surface area contributed by atoms with Crippen LogP contribution in [0.15, 0.2) is 17.2 Å². The summed E-state index contributed by atoms with van der Waals surface area (Å²) in [5.41, 5.74) is 13.7. The van der Waals surface area contributed by atoms with Crippen LogP contribution in [0.4, 0.5) is 0 Å². The number of thiocarbonyl (C=S) groups is 1. The maximum absolute atomic E-state index is 5.33. The lowest BCUT2D eigenvalue weighted by Gasteiger charge is -2.11. The van der Waals surface area contributed by atoms with Gasteiger partial charge in [-0.1, -0.05) is 17.7 Å². The Kier molecular flexibility index (Phi) is 4.01. The van der Waals surface area contributed by atoms with Crippen molar-refractivity contribution in [3.63, 3.8) is 0 Å². The van der Waals surface area contributed by atoms with Crippen LogP contribution in [-0.4, -0.2) is 10.8 Å². The Bertz CT molecular complexity index is 427. The molecule has 0 saturated carbocycles. The first-order valence-corrected chi connectivity index (χ1v) is 5.50. The van der Waals surface area contributed by atoms with Gasteiger partial charge in [0.1, 0.15) is 0 Å². The summed E-state index contributed by atoms with van der Waals surface area (Å²) in [5.74, 6) is 0. The van der Waals surface area contributed by atoms with E-state index in [1.807, 2.05) is 6.92 Å². The van der Waals surface area contributed by atoms with E-state index in [1.165, 1.54) is 16.7 Å². The Balaban J connectivity index is 3.13. The molecule has 1 aromatic carbocycles. The Morgan fingerprint density at radius 1 is 1.25 bits per heavy atom.